The minimum atomic E-state index is -3.39. The predicted molar refractivity (Wildman–Crippen MR) is 377 cm³/mol. The standard InChI is InChI=1S/2C21H31N.C19H27N.C18H25N.4CH4/c2*1-15(2)12-16-7-8-17-14-20-18-6-4-5-9-21(18,19(17)13-16)10-11-22(20)3;1-3-14-7-8-15-13-18-16-6-4-5-9-19(16,17(15)12-14)10-11-20(18)2;1-13-6-7-14-12-17-15-5-3-4-8-18(15,16(14)11-13)9-10-19(17)2;;;;/h2*7-8,13,15,18,20H,4-6,9-12,14H2,1-3H3;7-8,12,16,18H,3-6,9-11,13H2,1-2H3;6-7,11,15,17H,3-5,8-10,12H2,1-2H3;4*1H4/t2*18-,20+,21+;16-,18+,19+;15-,17+,18+;;;;/m1111..../s1/i1D3,2D3,3D3,12D2,15D;1D3,2D3,12D2,15D;1D3,2D3,3D2;1D3,2D3;;;;. The third-order valence-electron chi connectivity index (χ3n) is 24.3. The Morgan fingerprint density at radius 2 is 0.759 bits per heavy atom. The van der Waals surface area contributed by atoms with Gasteiger partial charge in [0.15, 0.2) is 0 Å². The zero-order chi connectivity index (χ0) is 87.1. The molecule has 8 fully saturated rings. The first kappa shape index (κ1) is 35.7. The maximum Gasteiger partial charge on any atom is 0.0394 e. The molecule has 0 spiro atoms. The molecule has 0 amide bonds. The maximum absolute atomic E-state index is 8.65. The second-order valence-corrected chi connectivity index (χ2v) is 27.8. The first-order valence-electron chi connectivity index (χ1n) is 49.6. The van der Waals surface area contributed by atoms with Crippen molar-refractivity contribution < 1.29 is 48.0 Å². The second-order valence-electron chi connectivity index (χ2n) is 27.8. The highest BCUT2D eigenvalue weighted by Gasteiger charge is 2.57. The van der Waals surface area contributed by atoms with Crippen molar-refractivity contribution in [3.05, 3.63) is 140 Å². The van der Waals surface area contributed by atoms with Crippen molar-refractivity contribution in [3.63, 3.8) is 0 Å². The Morgan fingerprint density at radius 3 is 1.11 bits per heavy atom. The number of aryl methyl sites for hydroxylation is 2. The minimum Gasteiger partial charge on any atom is -0.303 e. The van der Waals surface area contributed by atoms with Crippen LogP contribution in [0.25, 0.3) is 0 Å². The molecule has 4 nitrogen and oxygen atoms in total. The molecule has 8 bridgehead atoms. The molecule has 0 radical (unpaired) electrons. The van der Waals surface area contributed by atoms with E-state index < -0.39 is 92.9 Å². The largest absolute Gasteiger partial charge is 0.303 e. The molecule has 4 aromatic carbocycles. The molecule has 4 heteroatoms. The highest BCUT2D eigenvalue weighted by atomic mass is 15.2. The first-order chi connectivity index (χ1) is 54.0. The van der Waals surface area contributed by atoms with Gasteiger partial charge in [0.2, 0.25) is 0 Å². The highest BCUT2D eigenvalue weighted by molar-refractivity contribution is 5.48. The average Bonchev–Trinajstić information content (AvgIpc) is 0.717. The molecule has 12 atom stereocenters. The summed E-state index contributed by atoms with van der Waals surface area (Å²) >= 11 is 0. The smallest absolute Gasteiger partial charge is 0.0394 e. The summed E-state index contributed by atoms with van der Waals surface area (Å²) in [5.41, 5.74) is 8.36. The van der Waals surface area contributed by atoms with Crippen LogP contribution in [-0.2, 0) is 66.5 Å². The summed E-state index contributed by atoms with van der Waals surface area (Å²) in [6.45, 7) is -22.2. The van der Waals surface area contributed by atoms with Gasteiger partial charge in [-0.1, -0.05) is 194 Å². The summed E-state index contributed by atoms with van der Waals surface area (Å²) in [5.74, 6) is -5.51. The molecule has 8 aliphatic carbocycles. The van der Waals surface area contributed by atoms with Gasteiger partial charge < -0.3 is 19.6 Å². The number of nitrogens with zero attached hydrogens (tertiary/aromatic N) is 4. The van der Waals surface area contributed by atoms with Crippen LogP contribution >= 0.6 is 0 Å². The van der Waals surface area contributed by atoms with Gasteiger partial charge in [0.1, 0.15) is 0 Å². The number of fused-ring (bicyclic) bond motifs is 4. The molecule has 16 rings (SSSR count). The van der Waals surface area contributed by atoms with Crippen molar-refractivity contribution in [3.8, 4) is 0 Å². The lowest BCUT2D eigenvalue weighted by Gasteiger charge is -2.58. The zero-order valence-corrected chi connectivity index (χ0v) is 49.1. The van der Waals surface area contributed by atoms with E-state index in [9.17, 15) is 0 Å². The number of rotatable bonds is 5. The zero-order valence-electron chi connectivity index (χ0n) is 84.1. The van der Waals surface area contributed by atoms with E-state index in [-0.39, 0.29) is 98.0 Å². The average molecular weight is 1220 g/mol. The number of hydrogen-bond donors (Lipinski definition) is 0. The molecule has 4 aliphatic heterocycles. The molecule has 4 aromatic rings. The number of likely N-dealkylation sites (N-methyl/N-ethyl adjacent to an activating group) is 4. The van der Waals surface area contributed by atoms with Crippen LogP contribution in [0.1, 0.15) is 307 Å². The molecular weight excluding hydrogens is 1050 g/mol. The molecule has 4 heterocycles. The van der Waals surface area contributed by atoms with Crippen LogP contribution in [0.3, 0.4) is 0 Å². The number of piperidine rings is 4. The SMILES string of the molecule is C.C.C.C.[2H]C([2H])([2H])C([2H])(C([2H])([2H])[2H])C([2H])([2H])c1ccc2c(c1)[C@]13CCCC[C@@H]1[C@H](C2)N(C)CC3.[2H]C([2H])([2H])N1CC[C@@]23CCCC[C@@H]2[C@@H]1Cc1ccc(C([2H])([2H])C([2H])(C([2H])([2H])[2H])C([2H])([2H])[2H])cc13.[2H]C([2H])([2H])N1CC[C@@]23CCCC[C@@H]2[C@@H]1Cc1ccc(C([2H])([2H])C([2H])([2H])[2H])cc13.[2H]C([2H])([2H])c1ccc2c(c1)[C@]13CCCC[C@@H]1[C@H](C2)N(C([2H])([2H])[2H])CC3. The van der Waals surface area contributed by atoms with E-state index in [1.165, 1.54) is 24.1 Å². The topological polar surface area (TPSA) is 13.0 Å². The summed E-state index contributed by atoms with van der Waals surface area (Å²) in [4.78, 5) is 7.49. The lowest BCUT2D eigenvalue weighted by molar-refractivity contribution is 0.00279. The Hall–Kier alpha value is -3.28. The molecule has 4 saturated carbocycles. The van der Waals surface area contributed by atoms with Gasteiger partial charge in [-0.2, -0.15) is 0 Å². The minimum absolute atomic E-state index is 0. The quantitative estimate of drug-likeness (QED) is 0.197. The first-order valence-corrected chi connectivity index (χ1v) is 32.1. The number of benzene rings is 4. The fourth-order valence-electron chi connectivity index (χ4n) is 20.7. The van der Waals surface area contributed by atoms with Gasteiger partial charge in [0.25, 0.3) is 0 Å². The maximum atomic E-state index is 8.65. The fourth-order valence-corrected chi connectivity index (χ4v) is 20.7. The normalized spacial score (nSPS) is 41.9. The Balaban J connectivity index is 0.000000184. The van der Waals surface area contributed by atoms with Crippen LogP contribution < -0.4 is 0 Å². The molecular formula is C83H130N4. The summed E-state index contributed by atoms with van der Waals surface area (Å²) in [5, 5.41) is 0. The van der Waals surface area contributed by atoms with Crippen molar-refractivity contribution in [2.45, 2.75) is 290 Å². The summed E-state index contributed by atoms with van der Waals surface area (Å²) in [6.07, 6.45) is 14.2. The predicted octanol–water partition coefficient (Wildman–Crippen LogP) is 19.3. The van der Waals surface area contributed by atoms with Gasteiger partial charge in [-0.3, -0.25) is 0 Å². The van der Waals surface area contributed by atoms with Crippen LogP contribution in [0.15, 0.2) is 72.8 Å². The lowest BCUT2D eigenvalue weighted by Crippen LogP contribution is -2.59. The van der Waals surface area contributed by atoms with Gasteiger partial charge in [-0.05, 0) is 280 Å². The van der Waals surface area contributed by atoms with Crippen LogP contribution in [-0.4, -0.2) is 97.9 Å². The molecule has 4 saturated heterocycles. The Labute approximate surface area is 585 Å². The van der Waals surface area contributed by atoms with Crippen molar-refractivity contribution in [2.24, 2.45) is 35.5 Å². The van der Waals surface area contributed by atoms with E-state index in [2.05, 4.69) is 11.9 Å². The van der Waals surface area contributed by atoms with Crippen molar-refractivity contribution >= 4 is 0 Å². The summed E-state index contributed by atoms with van der Waals surface area (Å²) in [7, 11) is 2.17. The van der Waals surface area contributed by atoms with Gasteiger partial charge in [-0.15, -0.1) is 0 Å². The van der Waals surface area contributed by atoms with E-state index in [0.29, 0.717) is 62.3 Å². The molecule has 87 heavy (non-hydrogen) atoms. The van der Waals surface area contributed by atoms with E-state index in [1.54, 1.807) is 51.1 Å². The monoisotopic (exact) mass is 1220 g/mol. The second kappa shape index (κ2) is 27.5. The van der Waals surface area contributed by atoms with E-state index >= 15 is 0 Å². The third-order valence-corrected chi connectivity index (χ3v) is 24.3. The van der Waals surface area contributed by atoms with Crippen molar-refractivity contribution in [1.82, 2.24) is 19.6 Å². The van der Waals surface area contributed by atoms with Crippen molar-refractivity contribution in [1.29, 1.82) is 0 Å². The summed E-state index contributed by atoms with van der Waals surface area (Å²) < 4.78 is 279. The Kier molecular flexibility index (Phi) is 11.3. The third kappa shape index (κ3) is 12.1. The molecule has 0 aromatic heterocycles. The van der Waals surface area contributed by atoms with Crippen molar-refractivity contribution in [2.75, 3.05) is 54.2 Å². The van der Waals surface area contributed by atoms with E-state index in [0.717, 1.165) is 174 Å². The number of likely N-dealkylation sites (tertiary alicyclic amines) is 4. The molecule has 482 valence electrons. The molecule has 0 N–H and O–H groups in total. The van der Waals surface area contributed by atoms with E-state index in [1.807, 2.05) is 24.3 Å². The Bertz CT molecular complexity index is 4310. The molecule has 0 unspecified atom stereocenters. The van der Waals surface area contributed by atoms with E-state index in [4.69, 9.17) is 48.0 Å². The fraction of sp³-hybridized carbons (Fsp3) is 0.711. The lowest BCUT2D eigenvalue weighted by atomic mass is 9.52. The van der Waals surface area contributed by atoms with Crippen LogP contribution in [0.2, 0.25) is 0 Å². The Morgan fingerprint density at radius 1 is 0.425 bits per heavy atom. The van der Waals surface area contributed by atoms with Gasteiger partial charge in [0.05, 0.1) is 0 Å². The summed E-state index contributed by atoms with van der Waals surface area (Å²) in [6, 6.07) is 20.8. The number of hydrogen-bond acceptors (Lipinski definition) is 4. The van der Waals surface area contributed by atoms with Crippen LogP contribution in [0, 0.1) is 42.3 Å². The van der Waals surface area contributed by atoms with Gasteiger partial charge in [0, 0.05) is 93.8 Å². The van der Waals surface area contributed by atoms with Gasteiger partial charge in [-0.25, -0.2) is 0 Å². The van der Waals surface area contributed by atoms with Crippen LogP contribution in [0.4, 0.5) is 0 Å². The van der Waals surface area contributed by atoms with Gasteiger partial charge >= 0.3 is 0 Å². The van der Waals surface area contributed by atoms with Crippen LogP contribution in [0.5, 0.6) is 0 Å². The molecule has 12 aliphatic rings. The highest BCUT2D eigenvalue weighted by Crippen LogP contribution is 2.60.